The summed E-state index contributed by atoms with van der Waals surface area (Å²) in [6.07, 6.45) is 0. The first-order chi connectivity index (χ1) is 9.01. The zero-order chi connectivity index (χ0) is 14.4. The van der Waals surface area contributed by atoms with Crippen molar-refractivity contribution in [2.24, 2.45) is 0 Å². The number of ether oxygens (including phenoxy) is 1. The monoisotopic (exact) mass is 270 g/mol. The average molecular weight is 270 g/mol. The fourth-order valence-corrected chi connectivity index (χ4v) is 1.61. The Kier molecular flexibility index (Phi) is 5.37. The molecule has 0 aliphatic rings. The number of halogens is 1. The third-order valence-corrected chi connectivity index (χ3v) is 2.62. The second-order valence-electron chi connectivity index (χ2n) is 3.80. The fourth-order valence-electron chi connectivity index (χ4n) is 1.61. The van der Waals surface area contributed by atoms with Gasteiger partial charge in [-0.3, -0.25) is 14.9 Å². The number of hydrogen-bond donors (Lipinski definition) is 0. The van der Waals surface area contributed by atoms with Crippen LogP contribution in [0.15, 0.2) is 18.2 Å². The van der Waals surface area contributed by atoms with Gasteiger partial charge in [0.2, 0.25) is 0 Å². The van der Waals surface area contributed by atoms with Crippen LogP contribution in [0.2, 0.25) is 0 Å². The van der Waals surface area contributed by atoms with E-state index in [2.05, 4.69) is 0 Å². The van der Waals surface area contributed by atoms with Crippen LogP contribution in [-0.4, -0.2) is 42.5 Å². The van der Waals surface area contributed by atoms with E-state index in [9.17, 15) is 19.3 Å². The van der Waals surface area contributed by atoms with E-state index in [0.29, 0.717) is 19.7 Å². The van der Waals surface area contributed by atoms with Crippen LogP contribution in [0.1, 0.15) is 17.3 Å². The highest BCUT2D eigenvalue weighted by molar-refractivity contribution is 5.98. The van der Waals surface area contributed by atoms with Gasteiger partial charge in [0.05, 0.1) is 11.5 Å². The molecular formula is C12H15FN2O4. The van der Waals surface area contributed by atoms with Gasteiger partial charge < -0.3 is 9.64 Å². The first-order valence-corrected chi connectivity index (χ1v) is 5.73. The van der Waals surface area contributed by atoms with Gasteiger partial charge in [-0.15, -0.1) is 0 Å². The average Bonchev–Trinajstić information content (AvgIpc) is 2.38. The summed E-state index contributed by atoms with van der Waals surface area (Å²) < 4.78 is 18.0. The summed E-state index contributed by atoms with van der Waals surface area (Å²) in [6, 6.07) is 2.84. The molecular weight excluding hydrogens is 255 g/mol. The number of rotatable bonds is 6. The molecule has 6 nitrogen and oxygen atoms in total. The van der Waals surface area contributed by atoms with Crippen molar-refractivity contribution in [1.29, 1.82) is 0 Å². The third kappa shape index (κ3) is 3.72. The Bertz CT molecular complexity index is 479. The van der Waals surface area contributed by atoms with Gasteiger partial charge in [0.25, 0.3) is 11.6 Å². The summed E-state index contributed by atoms with van der Waals surface area (Å²) in [5.74, 6) is -1.26. The van der Waals surface area contributed by atoms with E-state index in [0.717, 1.165) is 18.2 Å². The molecule has 0 heterocycles. The number of likely N-dealkylation sites (N-methyl/N-ethyl adjacent to an activating group) is 1. The first-order valence-electron chi connectivity index (χ1n) is 5.73. The van der Waals surface area contributed by atoms with Crippen molar-refractivity contribution in [2.45, 2.75) is 6.92 Å². The lowest BCUT2D eigenvalue weighted by atomic mass is 10.1. The number of nitro benzene ring substituents is 1. The van der Waals surface area contributed by atoms with E-state index in [1.807, 2.05) is 0 Å². The van der Waals surface area contributed by atoms with Gasteiger partial charge >= 0.3 is 0 Å². The second-order valence-corrected chi connectivity index (χ2v) is 3.80. The number of nitro groups is 1. The molecule has 0 unspecified atom stereocenters. The van der Waals surface area contributed by atoms with Gasteiger partial charge in [0.15, 0.2) is 0 Å². The Balaban J connectivity index is 3.09. The maximum Gasteiger partial charge on any atom is 0.282 e. The summed E-state index contributed by atoms with van der Waals surface area (Å²) in [6.45, 7) is 2.69. The molecule has 19 heavy (non-hydrogen) atoms. The molecule has 1 aromatic carbocycles. The standard InChI is InChI=1S/C12H15FN2O4/c1-3-14(6-7-19-2)12(16)10-8-9(13)4-5-11(10)15(17)18/h4-5,8H,3,6-7H2,1-2H3. The van der Waals surface area contributed by atoms with Gasteiger partial charge in [-0.2, -0.15) is 0 Å². The zero-order valence-corrected chi connectivity index (χ0v) is 10.8. The van der Waals surface area contributed by atoms with Crippen LogP contribution in [0.4, 0.5) is 10.1 Å². The predicted octanol–water partition coefficient (Wildman–Crippen LogP) is 1.84. The smallest absolute Gasteiger partial charge is 0.282 e. The second kappa shape index (κ2) is 6.79. The molecule has 0 spiro atoms. The zero-order valence-electron chi connectivity index (χ0n) is 10.8. The number of benzene rings is 1. The van der Waals surface area contributed by atoms with Crippen molar-refractivity contribution in [3.8, 4) is 0 Å². The maximum atomic E-state index is 13.2. The number of nitrogens with zero attached hydrogens (tertiary/aromatic N) is 2. The van der Waals surface area contributed by atoms with Crippen molar-refractivity contribution < 1.29 is 18.8 Å². The van der Waals surface area contributed by atoms with Gasteiger partial charge in [-0.1, -0.05) is 0 Å². The molecule has 104 valence electrons. The molecule has 0 atom stereocenters. The molecule has 0 bridgehead atoms. The van der Waals surface area contributed by atoms with E-state index in [-0.39, 0.29) is 5.56 Å². The molecule has 0 fully saturated rings. The molecule has 1 rings (SSSR count). The molecule has 0 aromatic heterocycles. The van der Waals surface area contributed by atoms with Crippen molar-refractivity contribution in [1.82, 2.24) is 4.90 Å². The van der Waals surface area contributed by atoms with Gasteiger partial charge in [0, 0.05) is 26.3 Å². The number of methoxy groups -OCH3 is 1. The van der Waals surface area contributed by atoms with Crippen molar-refractivity contribution in [3.05, 3.63) is 39.7 Å². The first kappa shape index (κ1) is 15.0. The van der Waals surface area contributed by atoms with E-state index < -0.39 is 22.3 Å². The summed E-state index contributed by atoms with van der Waals surface area (Å²) in [4.78, 5) is 23.7. The number of carbonyl (C=O) groups excluding carboxylic acids is 1. The van der Waals surface area contributed by atoms with Crippen LogP contribution in [0.3, 0.4) is 0 Å². The SMILES string of the molecule is CCN(CCOC)C(=O)c1cc(F)ccc1[N+](=O)[O-]. The minimum absolute atomic E-state index is 0.247. The van der Waals surface area contributed by atoms with E-state index >= 15 is 0 Å². The third-order valence-electron chi connectivity index (χ3n) is 2.62. The van der Waals surface area contributed by atoms with Crippen molar-refractivity contribution >= 4 is 11.6 Å². The lowest BCUT2D eigenvalue weighted by molar-refractivity contribution is -0.385. The minimum atomic E-state index is -0.698. The van der Waals surface area contributed by atoms with E-state index in [4.69, 9.17) is 4.74 Å². The summed E-state index contributed by atoms with van der Waals surface area (Å²) in [7, 11) is 1.49. The Morgan fingerprint density at radius 3 is 2.74 bits per heavy atom. The molecule has 0 aliphatic heterocycles. The fraction of sp³-hybridized carbons (Fsp3) is 0.417. The summed E-state index contributed by atoms with van der Waals surface area (Å²) in [5, 5.41) is 10.9. The number of amides is 1. The Morgan fingerprint density at radius 2 is 2.21 bits per heavy atom. The topological polar surface area (TPSA) is 72.7 Å². The van der Waals surface area contributed by atoms with Gasteiger partial charge in [-0.25, -0.2) is 4.39 Å². The highest BCUT2D eigenvalue weighted by atomic mass is 19.1. The minimum Gasteiger partial charge on any atom is -0.383 e. The van der Waals surface area contributed by atoms with Crippen molar-refractivity contribution in [3.63, 3.8) is 0 Å². The van der Waals surface area contributed by atoms with Gasteiger partial charge in [-0.05, 0) is 19.1 Å². The quantitative estimate of drug-likeness (QED) is 0.584. The molecule has 1 aromatic rings. The van der Waals surface area contributed by atoms with E-state index in [1.165, 1.54) is 12.0 Å². The predicted molar refractivity (Wildman–Crippen MR) is 66.5 cm³/mol. The lowest BCUT2D eigenvalue weighted by Crippen LogP contribution is -2.34. The molecule has 0 saturated heterocycles. The van der Waals surface area contributed by atoms with Crippen LogP contribution in [-0.2, 0) is 4.74 Å². The van der Waals surface area contributed by atoms with Crippen molar-refractivity contribution in [2.75, 3.05) is 26.8 Å². The number of carbonyl (C=O) groups is 1. The molecule has 7 heteroatoms. The number of hydrogen-bond acceptors (Lipinski definition) is 4. The Labute approximate surface area is 109 Å². The van der Waals surface area contributed by atoms with Crippen LogP contribution >= 0.6 is 0 Å². The summed E-state index contributed by atoms with van der Waals surface area (Å²) in [5.41, 5.74) is -0.648. The maximum absolute atomic E-state index is 13.2. The molecule has 1 amide bonds. The molecule has 0 aliphatic carbocycles. The Morgan fingerprint density at radius 1 is 1.53 bits per heavy atom. The van der Waals surface area contributed by atoms with Gasteiger partial charge in [0.1, 0.15) is 11.4 Å². The van der Waals surface area contributed by atoms with Crippen LogP contribution in [0.5, 0.6) is 0 Å². The highest BCUT2D eigenvalue weighted by Crippen LogP contribution is 2.21. The normalized spacial score (nSPS) is 10.3. The van der Waals surface area contributed by atoms with Crippen LogP contribution < -0.4 is 0 Å². The summed E-state index contributed by atoms with van der Waals surface area (Å²) >= 11 is 0. The molecule has 0 N–H and O–H groups in total. The van der Waals surface area contributed by atoms with Crippen LogP contribution in [0.25, 0.3) is 0 Å². The molecule has 0 radical (unpaired) electrons. The lowest BCUT2D eigenvalue weighted by Gasteiger charge is -2.20. The largest absolute Gasteiger partial charge is 0.383 e. The Hall–Kier alpha value is -2.02. The highest BCUT2D eigenvalue weighted by Gasteiger charge is 2.24. The van der Waals surface area contributed by atoms with E-state index in [1.54, 1.807) is 6.92 Å². The van der Waals surface area contributed by atoms with Crippen LogP contribution in [0, 0.1) is 15.9 Å². The molecule has 0 saturated carbocycles.